The van der Waals surface area contributed by atoms with Crippen molar-refractivity contribution in [2.45, 2.75) is 58.1 Å². The molecule has 1 saturated carbocycles. The van der Waals surface area contributed by atoms with Gasteiger partial charge < -0.3 is 19.3 Å². The molecule has 1 aromatic heterocycles. The quantitative estimate of drug-likeness (QED) is 0.353. The van der Waals surface area contributed by atoms with Crippen LogP contribution in [0.1, 0.15) is 44.4 Å². The molecule has 1 unspecified atom stereocenters. The number of carbonyl (C=O) groups is 1. The molecule has 2 aliphatic heterocycles. The van der Waals surface area contributed by atoms with E-state index in [1.54, 1.807) is 14.2 Å². The molecule has 1 amide bonds. The number of ether oxygens (including phenoxy) is 2. The average Bonchev–Trinajstić information content (AvgIpc) is 3.08. The van der Waals surface area contributed by atoms with Gasteiger partial charge in [0.05, 0.1) is 18.4 Å². The third kappa shape index (κ3) is 8.36. The lowest BCUT2D eigenvalue weighted by Crippen LogP contribution is -2.52. The van der Waals surface area contributed by atoms with E-state index in [9.17, 15) is 4.79 Å². The second-order valence-electron chi connectivity index (χ2n) is 9.69. The number of fused-ring (bicyclic) bond motifs is 1. The Morgan fingerprint density at radius 1 is 1.17 bits per heavy atom. The molecule has 8 nitrogen and oxygen atoms in total. The molecule has 0 N–H and O–H groups in total. The van der Waals surface area contributed by atoms with Crippen LogP contribution in [-0.4, -0.2) is 98.4 Å². The first-order chi connectivity index (χ1) is 17.4. The predicted molar refractivity (Wildman–Crippen MR) is 148 cm³/mol. The van der Waals surface area contributed by atoms with Gasteiger partial charge in [0.25, 0.3) is 0 Å². The number of amides is 1. The van der Waals surface area contributed by atoms with Crippen LogP contribution in [0.25, 0.3) is 0 Å². The van der Waals surface area contributed by atoms with E-state index in [1.165, 1.54) is 24.8 Å². The molecule has 0 aromatic carbocycles. The van der Waals surface area contributed by atoms with Gasteiger partial charge in [0.1, 0.15) is 0 Å². The number of rotatable bonds is 8. The van der Waals surface area contributed by atoms with E-state index in [-0.39, 0.29) is 6.10 Å². The lowest BCUT2D eigenvalue weighted by Gasteiger charge is -2.43. The van der Waals surface area contributed by atoms with E-state index < -0.39 is 0 Å². The smallest absolute Gasteiger partial charge is 0.225 e. The van der Waals surface area contributed by atoms with Crippen LogP contribution < -0.4 is 4.90 Å². The Balaban J connectivity index is 0.000000240. The predicted octanol–water partition coefficient (Wildman–Crippen LogP) is 3.60. The van der Waals surface area contributed by atoms with Crippen LogP contribution in [0.15, 0.2) is 28.4 Å². The largest absolute Gasteiger partial charge is 0.381 e. The van der Waals surface area contributed by atoms with Crippen molar-refractivity contribution in [3.8, 4) is 0 Å². The van der Waals surface area contributed by atoms with Crippen molar-refractivity contribution in [2.24, 2.45) is 0 Å². The molecule has 9 heteroatoms. The summed E-state index contributed by atoms with van der Waals surface area (Å²) in [4.78, 5) is 27.2. The first-order valence-electron chi connectivity index (χ1n) is 13.0. The minimum absolute atomic E-state index is 0.142. The maximum absolute atomic E-state index is 11.0. The summed E-state index contributed by atoms with van der Waals surface area (Å²) in [6.07, 6.45) is 13.0. The van der Waals surface area contributed by atoms with Crippen molar-refractivity contribution >= 4 is 28.3 Å². The summed E-state index contributed by atoms with van der Waals surface area (Å²) in [5.74, 6) is 0.872. The SMILES string of the molecule is COC/C=C(Br)\C(C)=C/C(C)OC.O=CN1CCc2cnc(N3CCN(C4CCC4)CC3)nc2CC1. The lowest BCUT2D eigenvalue weighted by atomic mass is 9.91. The van der Waals surface area contributed by atoms with Crippen molar-refractivity contribution in [1.82, 2.24) is 19.8 Å². The fraction of sp³-hybridized carbons (Fsp3) is 0.667. The zero-order chi connectivity index (χ0) is 25.9. The van der Waals surface area contributed by atoms with Gasteiger partial charge in [0.15, 0.2) is 0 Å². The second-order valence-corrected chi connectivity index (χ2v) is 10.5. The summed E-state index contributed by atoms with van der Waals surface area (Å²) >= 11 is 3.46. The van der Waals surface area contributed by atoms with Gasteiger partial charge in [-0.1, -0.05) is 28.4 Å². The molecule has 200 valence electrons. The van der Waals surface area contributed by atoms with Crippen LogP contribution in [0.3, 0.4) is 0 Å². The Labute approximate surface area is 224 Å². The van der Waals surface area contributed by atoms with Crippen molar-refractivity contribution < 1.29 is 14.3 Å². The van der Waals surface area contributed by atoms with Gasteiger partial charge in [0, 0.05) is 76.6 Å². The monoisotopic (exact) mass is 563 g/mol. The van der Waals surface area contributed by atoms with Gasteiger partial charge in [-0.15, -0.1) is 0 Å². The highest BCUT2D eigenvalue weighted by Gasteiger charge is 2.28. The van der Waals surface area contributed by atoms with Crippen LogP contribution in [-0.2, 0) is 27.1 Å². The molecule has 1 aromatic rings. The molecule has 2 fully saturated rings. The lowest BCUT2D eigenvalue weighted by molar-refractivity contribution is -0.118. The van der Waals surface area contributed by atoms with Gasteiger partial charge in [-0.3, -0.25) is 9.69 Å². The van der Waals surface area contributed by atoms with Crippen LogP contribution in [0.2, 0.25) is 0 Å². The van der Waals surface area contributed by atoms with E-state index in [0.29, 0.717) is 6.61 Å². The van der Waals surface area contributed by atoms with E-state index >= 15 is 0 Å². The zero-order valence-electron chi connectivity index (χ0n) is 22.3. The Morgan fingerprint density at radius 3 is 2.50 bits per heavy atom. The molecule has 1 saturated heterocycles. The van der Waals surface area contributed by atoms with Crippen molar-refractivity contribution in [3.05, 3.63) is 39.7 Å². The summed E-state index contributed by atoms with van der Waals surface area (Å²) in [5, 5.41) is 0. The molecule has 1 atom stereocenters. The van der Waals surface area contributed by atoms with E-state index in [2.05, 4.69) is 36.8 Å². The zero-order valence-corrected chi connectivity index (χ0v) is 23.9. The summed E-state index contributed by atoms with van der Waals surface area (Å²) in [5.41, 5.74) is 3.48. The number of allylic oxidation sites excluding steroid dienone is 2. The summed E-state index contributed by atoms with van der Waals surface area (Å²) in [6.45, 7) is 10.5. The van der Waals surface area contributed by atoms with E-state index in [4.69, 9.17) is 14.5 Å². The molecular formula is C27H42BrN5O3. The number of piperazine rings is 1. The number of anilines is 1. The van der Waals surface area contributed by atoms with Crippen molar-refractivity contribution in [1.29, 1.82) is 0 Å². The molecular weight excluding hydrogens is 522 g/mol. The highest BCUT2D eigenvalue weighted by Crippen LogP contribution is 2.26. The molecule has 3 aliphatic rings. The van der Waals surface area contributed by atoms with Gasteiger partial charge in [-0.05, 0) is 50.3 Å². The maximum Gasteiger partial charge on any atom is 0.225 e. The average molecular weight is 565 g/mol. The van der Waals surface area contributed by atoms with Crippen LogP contribution in [0.5, 0.6) is 0 Å². The maximum atomic E-state index is 11.0. The van der Waals surface area contributed by atoms with Crippen LogP contribution in [0.4, 0.5) is 5.95 Å². The normalized spacial score (nSPS) is 20.6. The minimum Gasteiger partial charge on any atom is -0.381 e. The highest BCUT2D eigenvalue weighted by atomic mass is 79.9. The molecule has 0 spiro atoms. The molecule has 4 rings (SSSR count). The van der Waals surface area contributed by atoms with Crippen molar-refractivity contribution in [3.63, 3.8) is 0 Å². The van der Waals surface area contributed by atoms with E-state index in [0.717, 1.165) is 86.3 Å². The van der Waals surface area contributed by atoms with Gasteiger partial charge >= 0.3 is 0 Å². The molecule has 36 heavy (non-hydrogen) atoms. The van der Waals surface area contributed by atoms with Crippen molar-refractivity contribution in [2.75, 3.05) is 65.0 Å². The summed E-state index contributed by atoms with van der Waals surface area (Å²) < 4.78 is 11.1. The fourth-order valence-electron chi connectivity index (χ4n) is 4.60. The van der Waals surface area contributed by atoms with E-state index in [1.807, 2.05) is 31.0 Å². The van der Waals surface area contributed by atoms with Gasteiger partial charge in [-0.2, -0.15) is 0 Å². The number of hydrogen-bond acceptors (Lipinski definition) is 7. The van der Waals surface area contributed by atoms with Crippen LogP contribution >= 0.6 is 15.9 Å². The Bertz CT molecular complexity index is 897. The Kier molecular flexibility index (Phi) is 11.8. The molecule has 0 radical (unpaired) electrons. The topological polar surface area (TPSA) is 71.0 Å². The third-order valence-corrected chi connectivity index (χ3v) is 8.19. The first-order valence-corrected chi connectivity index (χ1v) is 13.8. The number of carbonyl (C=O) groups excluding carboxylic acids is 1. The molecule has 3 heterocycles. The number of nitrogens with zero attached hydrogens (tertiary/aromatic N) is 5. The number of methoxy groups -OCH3 is 2. The standard InChI is InChI=1S/C17H25N5O.C10H17BrO2/c23-13-20-6-4-14-12-18-17(19-16(14)5-7-20)22-10-8-21(9-11-22)15-2-1-3-15;1-8(7-9(2)13-4)10(11)5-6-12-3/h12-13,15H,1-11H2;5,7,9H,6H2,1-4H3/b;8-7-,10-5+. The summed E-state index contributed by atoms with van der Waals surface area (Å²) in [7, 11) is 3.37. The number of halogens is 1. The fourth-order valence-corrected chi connectivity index (χ4v) is 4.86. The molecule has 0 bridgehead atoms. The minimum atomic E-state index is 0.142. The highest BCUT2D eigenvalue weighted by molar-refractivity contribution is 9.12. The van der Waals surface area contributed by atoms with Crippen LogP contribution in [0, 0.1) is 0 Å². The van der Waals surface area contributed by atoms with Gasteiger partial charge in [-0.25, -0.2) is 9.97 Å². The Morgan fingerprint density at radius 2 is 1.89 bits per heavy atom. The second kappa shape index (κ2) is 14.8. The first kappa shape index (κ1) is 28.8. The van der Waals surface area contributed by atoms with Gasteiger partial charge in [0.2, 0.25) is 12.4 Å². The Hall–Kier alpha value is -1.81. The summed E-state index contributed by atoms with van der Waals surface area (Å²) in [6, 6.07) is 0.833. The third-order valence-electron chi connectivity index (χ3n) is 7.25. The number of hydrogen-bond donors (Lipinski definition) is 0. The molecule has 1 aliphatic carbocycles. The number of aromatic nitrogens is 2.